The van der Waals surface area contributed by atoms with Crippen molar-refractivity contribution >= 4 is 17.3 Å². The fourth-order valence-corrected chi connectivity index (χ4v) is 2.98. The first-order valence-electron chi connectivity index (χ1n) is 8.46. The van der Waals surface area contributed by atoms with Gasteiger partial charge in [0.15, 0.2) is 11.6 Å². The Labute approximate surface area is 152 Å². The molecule has 0 unspecified atom stereocenters. The Morgan fingerprint density at radius 2 is 1.69 bits per heavy atom. The Morgan fingerprint density at radius 3 is 2.38 bits per heavy atom. The van der Waals surface area contributed by atoms with E-state index in [1.54, 1.807) is 0 Å². The lowest BCUT2D eigenvalue weighted by Crippen LogP contribution is -2.22. The van der Waals surface area contributed by atoms with Crippen molar-refractivity contribution in [1.82, 2.24) is 9.97 Å². The summed E-state index contributed by atoms with van der Waals surface area (Å²) in [5, 5.41) is 16.0. The van der Waals surface area contributed by atoms with E-state index >= 15 is 0 Å². The number of hydrogen-bond donors (Lipinski definition) is 2. The second-order valence-electron chi connectivity index (χ2n) is 6.06. The van der Waals surface area contributed by atoms with Crippen LogP contribution in [0.3, 0.4) is 0 Å². The van der Waals surface area contributed by atoms with Gasteiger partial charge in [0.2, 0.25) is 5.82 Å². The van der Waals surface area contributed by atoms with Crippen LogP contribution in [0.4, 0.5) is 17.3 Å². The Balaban J connectivity index is 1.60. The first kappa shape index (κ1) is 15.9. The molecule has 6 heteroatoms. The number of rotatable bonds is 5. The van der Waals surface area contributed by atoms with E-state index in [9.17, 15) is 5.26 Å². The quantitative estimate of drug-likeness (QED) is 0.740. The molecule has 0 fully saturated rings. The van der Waals surface area contributed by atoms with Gasteiger partial charge >= 0.3 is 0 Å². The summed E-state index contributed by atoms with van der Waals surface area (Å²) in [5.74, 6) is 1.59. The third-order valence-electron chi connectivity index (χ3n) is 4.26. The van der Waals surface area contributed by atoms with Gasteiger partial charge in [0.25, 0.3) is 0 Å². The summed E-state index contributed by atoms with van der Waals surface area (Å²) in [6, 6.07) is 22.4. The second-order valence-corrected chi connectivity index (χ2v) is 6.06. The SMILES string of the molecule is N#Cc1nc(NCc2ccccc2)c2c(n1)N(Cc1ccccc1)CN2. The molecule has 6 nitrogen and oxygen atoms in total. The molecule has 3 aromatic rings. The van der Waals surface area contributed by atoms with E-state index in [4.69, 9.17) is 0 Å². The minimum atomic E-state index is 0.168. The highest BCUT2D eigenvalue weighted by Gasteiger charge is 2.25. The van der Waals surface area contributed by atoms with Gasteiger partial charge in [-0.2, -0.15) is 15.2 Å². The average Bonchev–Trinajstić information content (AvgIpc) is 3.10. The minimum Gasteiger partial charge on any atom is -0.364 e. The Bertz CT molecular complexity index is 934. The summed E-state index contributed by atoms with van der Waals surface area (Å²) in [6.45, 7) is 1.99. The molecule has 0 atom stereocenters. The maximum Gasteiger partial charge on any atom is 0.236 e. The first-order valence-corrected chi connectivity index (χ1v) is 8.46. The molecule has 0 saturated carbocycles. The predicted molar refractivity (Wildman–Crippen MR) is 102 cm³/mol. The van der Waals surface area contributed by atoms with Crippen LogP contribution in [0, 0.1) is 11.3 Å². The van der Waals surface area contributed by atoms with Crippen LogP contribution >= 0.6 is 0 Å². The third-order valence-corrected chi connectivity index (χ3v) is 4.26. The van der Waals surface area contributed by atoms with Gasteiger partial charge in [0.1, 0.15) is 11.8 Å². The maximum atomic E-state index is 9.31. The molecule has 0 spiro atoms. The molecule has 0 radical (unpaired) electrons. The number of anilines is 3. The topological polar surface area (TPSA) is 76.9 Å². The van der Waals surface area contributed by atoms with Gasteiger partial charge < -0.3 is 15.5 Å². The normalized spacial score (nSPS) is 12.2. The number of nitriles is 1. The van der Waals surface area contributed by atoms with Crippen LogP contribution in [0.2, 0.25) is 0 Å². The molecular weight excluding hydrogens is 324 g/mol. The highest BCUT2D eigenvalue weighted by Crippen LogP contribution is 2.35. The van der Waals surface area contributed by atoms with E-state index in [2.05, 4.69) is 55.8 Å². The molecule has 2 N–H and O–H groups in total. The van der Waals surface area contributed by atoms with Crippen LogP contribution in [0.1, 0.15) is 17.0 Å². The molecular formula is C20H18N6. The van der Waals surface area contributed by atoms with E-state index in [0.29, 0.717) is 19.0 Å². The monoisotopic (exact) mass is 342 g/mol. The maximum absolute atomic E-state index is 9.31. The Kier molecular flexibility index (Phi) is 4.35. The Hall–Kier alpha value is -3.59. The van der Waals surface area contributed by atoms with Crippen LogP contribution in [-0.4, -0.2) is 16.6 Å². The molecule has 2 aromatic carbocycles. The van der Waals surface area contributed by atoms with Crippen LogP contribution in [0.25, 0.3) is 0 Å². The number of hydrogen-bond acceptors (Lipinski definition) is 6. The van der Waals surface area contributed by atoms with Crippen LogP contribution in [-0.2, 0) is 13.1 Å². The molecule has 0 bridgehead atoms. The van der Waals surface area contributed by atoms with Crippen molar-refractivity contribution in [2.45, 2.75) is 13.1 Å². The smallest absolute Gasteiger partial charge is 0.236 e. The number of nitrogens with one attached hydrogen (secondary N) is 2. The van der Waals surface area contributed by atoms with E-state index in [0.717, 1.165) is 23.6 Å². The summed E-state index contributed by atoms with van der Waals surface area (Å²) in [7, 11) is 0. The molecule has 0 saturated heterocycles. The fraction of sp³-hybridized carbons (Fsp3) is 0.150. The predicted octanol–water partition coefficient (Wildman–Crippen LogP) is 3.35. The lowest BCUT2D eigenvalue weighted by atomic mass is 10.2. The van der Waals surface area contributed by atoms with E-state index < -0.39 is 0 Å². The van der Waals surface area contributed by atoms with Gasteiger partial charge in [0, 0.05) is 13.1 Å². The van der Waals surface area contributed by atoms with Crippen molar-refractivity contribution in [3.63, 3.8) is 0 Å². The van der Waals surface area contributed by atoms with Crippen molar-refractivity contribution in [3.05, 3.63) is 77.6 Å². The lowest BCUT2D eigenvalue weighted by molar-refractivity contribution is 0.853. The second kappa shape index (κ2) is 7.11. The van der Waals surface area contributed by atoms with Crippen molar-refractivity contribution in [2.24, 2.45) is 0 Å². The van der Waals surface area contributed by atoms with Gasteiger partial charge in [-0.25, -0.2) is 0 Å². The van der Waals surface area contributed by atoms with Crippen molar-refractivity contribution in [3.8, 4) is 6.07 Å². The summed E-state index contributed by atoms with van der Waals surface area (Å²) in [5.41, 5.74) is 3.19. The number of aromatic nitrogens is 2. The molecule has 0 amide bonds. The lowest BCUT2D eigenvalue weighted by Gasteiger charge is -2.17. The van der Waals surface area contributed by atoms with Crippen LogP contribution < -0.4 is 15.5 Å². The number of nitrogens with zero attached hydrogens (tertiary/aromatic N) is 4. The van der Waals surface area contributed by atoms with Gasteiger partial charge in [-0.05, 0) is 11.1 Å². The summed E-state index contributed by atoms with van der Waals surface area (Å²) in [4.78, 5) is 10.9. The van der Waals surface area contributed by atoms with Crippen molar-refractivity contribution in [2.75, 3.05) is 22.2 Å². The zero-order valence-corrected chi connectivity index (χ0v) is 14.2. The molecule has 26 heavy (non-hydrogen) atoms. The molecule has 1 aliphatic rings. The molecule has 1 aliphatic heterocycles. The molecule has 0 aliphatic carbocycles. The fourth-order valence-electron chi connectivity index (χ4n) is 2.98. The third kappa shape index (κ3) is 3.28. The van der Waals surface area contributed by atoms with Crippen LogP contribution in [0.5, 0.6) is 0 Å². The van der Waals surface area contributed by atoms with Crippen LogP contribution in [0.15, 0.2) is 60.7 Å². The molecule has 2 heterocycles. The highest BCUT2D eigenvalue weighted by atomic mass is 15.3. The highest BCUT2D eigenvalue weighted by molar-refractivity contribution is 5.81. The largest absolute Gasteiger partial charge is 0.364 e. The molecule has 128 valence electrons. The molecule has 1 aromatic heterocycles. The standard InChI is InChI=1S/C20H18N6/c21-11-17-24-19(22-12-15-7-3-1-4-8-15)18-20(25-17)26(14-23-18)13-16-9-5-2-6-10-16/h1-10,23H,12-14H2,(H,22,24,25). The minimum absolute atomic E-state index is 0.168. The zero-order chi connectivity index (χ0) is 17.8. The van der Waals surface area contributed by atoms with Gasteiger partial charge in [-0.15, -0.1) is 0 Å². The van der Waals surface area contributed by atoms with Crippen molar-refractivity contribution in [1.29, 1.82) is 5.26 Å². The first-order chi connectivity index (χ1) is 12.8. The van der Waals surface area contributed by atoms with E-state index in [-0.39, 0.29) is 5.82 Å². The van der Waals surface area contributed by atoms with Gasteiger partial charge in [0.05, 0.1) is 6.67 Å². The molecule has 4 rings (SSSR count). The summed E-state index contributed by atoms with van der Waals surface area (Å²) < 4.78 is 0. The number of benzene rings is 2. The zero-order valence-electron chi connectivity index (χ0n) is 14.2. The van der Waals surface area contributed by atoms with Gasteiger partial charge in [-0.1, -0.05) is 60.7 Å². The Morgan fingerprint density at radius 1 is 1.00 bits per heavy atom. The van der Waals surface area contributed by atoms with E-state index in [1.165, 1.54) is 5.56 Å². The van der Waals surface area contributed by atoms with Crippen molar-refractivity contribution < 1.29 is 0 Å². The summed E-state index contributed by atoms with van der Waals surface area (Å²) in [6.07, 6.45) is 0. The summed E-state index contributed by atoms with van der Waals surface area (Å²) >= 11 is 0. The average molecular weight is 342 g/mol. The van der Waals surface area contributed by atoms with E-state index in [1.807, 2.05) is 36.4 Å². The van der Waals surface area contributed by atoms with Gasteiger partial charge in [-0.3, -0.25) is 0 Å². The number of fused-ring (bicyclic) bond motifs is 1.